The van der Waals surface area contributed by atoms with E-state index >= 15 is 0 Å². The van der Waals surface area contributed by atoms with Crippen LogP contribution in [0.25, 0.3) is 0 Å². The molecule has 0 aliphatic heterocycles. The van der Waals surface area contributed by atoms with E-state index in [1.165, 1.54) is 11.0 Å². The van der Waals surface area contributed by atoms with E-state index in [0.29, 0.717) is 5.56 Å². The lowest BCUT2D eigenvalue weighted by Crippen LogP contribution is -2.40. The van der Waals surface area contributed by atoms with E-state index in [9.17, 15) is 18.0 Å². The lowest BCUT2D eigenvalue weighted by Gasteiger charge is -2.20. The van der Waals surface area contributed by atoms with E-state index < -0.39 is 18.9 Å². The first kappa shape index (κ1) is 17.5. The summed E-state index contributed by atoms with van der Waals surface area (Å²) in [6.45, 7) is 0.743. The molecule has 1 aromatic rings. The first-order valence-electron chi connectivity index (χ1n) is 6.55. The Labute approximate surface area is 121 Å². The van der Waals surface area contributed by atoms with Crippen LogP contribution in [0.4, 0.5) is 13.2 Å². The van der Waals surface area contributed by atoms with Crippen LogP contribution in [0, 0.1) is 12.7 Å². The number of hydrogen-bond acceptors (Lipinski definition) is 3. The molecule has 0 heterocycles. The average molecular weight is 304 g/mol. The third kappa shape index (κ3) is 6.59. The molecule has 1 aromatic carbocycles. The molecule has 2 N–H and O–H groups in total. The highest BCUT2D eigenvalue weighted by Gasteiger charge is 2.15. The smallest absolute Gasteiger partial charge is 0.251 e. The fraction of sp³-hybridized carbons (Fsp3) is 0.500. The van der Waals surface area contributed by atoms with Crippen molar-refractivity contribution in [1.82, 2.24) is 10.2 Å². The van der Waals surface area contributed by atoms with Gasteiger partial charge in [0.15, 0.2) is 0 Å². The van der Waals surface area contributed by atoms with E-state index in [1.54, 1.807) is 19.1 Å². The van der Waals surface area contributed by atoms with Gasteiger partial charge < -0.3 is 10.4 Å². The van der Waals surface area contributed by atoms with Crippen molar-refractivity contribution in [3.63, 3.8) is 0 Å². The fourth-order valence-corrected chi connectivity index (χ4v) is 1.85. The second-order valence-corrected chi connectivity index (χ2v) is 4.71. The molecule has 7 heteroatoms. The molecule has 118 valence electrons. The maximum absolute atomic E-state index is 13.1. The molecule has 0 unspecified atom stereocenters. The standard InChI is InChI=1S/C14H19F3N2O2/c1-10-6-11(2-3-12(10)15)7-18-14(21)9-19(4-5-20)8-13(16)17/h2-3,6,13,20H,4-5,7-9H2,1H3,(H,18,21). The summed E-state index contributed by atoms with van der Waals surface area (Å²) in [6, 6.07) is 4.47. The lowest BCUT2D eigenvalue weighted by molar-refractivity contribution is -0.122. The van der Waals surface area contributed by atoms with Crippen LogP contribution in [0.2, 0.25) is 0 Å². The fourth-order valence-electron chi connectivity index (χ4n) is 1.85. The normalized spacial score (nSPS) is 11.2. The number of benzene rings is 1. The zero-order valence-electron chi connectivity index (χ0n) is 11.8. The summed E-state index contributed by atoms with van der Waals surface area (Å²) in [5.41, 5.74) is 1.20. The van der Waals surface area contributed by atoms with Gasteiger partial charge in [0.25, 0.3) is 6.43 Å². The molecule has 0 atom stereocenters. The molecule has 1 rings (SSSR count). The monoisotopic (exact) mass is 304 g/mol. The Bertz CT molecular complexity index is 470. The van der Waals surface area contributed by atoms with Crippen molar-refractivity contribution < 1.29 is 23.1 Å². The van der Waals surface area contributed by atoms with Crippen molar-refractivity contribution in [3.8, 4) is 0 Å². The minimum absolute atomic E-state index is 0.00736. The molecule has 1 amide bonds. The molecule has 0 aliphatic rings. The second kappa shape index (κ2) is 8.63. The molecule has 21 heavy (non-hydrogen) atoms. The van der Waals surface area contributed by atoms with Crippen LogP contribution in [0.15, 0.2) is 18.2 Å². The number of amides is 1. The summed E-state index contributed by atoms with van der Waals surface area (Å²) in [5, 5.41) is 11.4. The first-order chi connectivity index (χ1) is 9.92. The van der Waals surface area contributed by atoms with Gasteiger partial charge in [0.2, 0.25) is 5.91 Å². The van der Waals surface area contributed by atoms with Crippen molar-refractivity contribution in [1.29, 1.82) is 0 Å². The van der Waals surface area contributed by atoms with Crippen molar-refractivity contribution in [3.05, 3.63) is 35.1 Å². The molecule has 0 saturated heterocycles. The zero-order chi connectivity index (χ0) is 15.8. The van der Waals surface area contributed by atoms with Gasteiger partial charge in [-0.1, -0.05) is 12.1 Å². The summed E-state index contributed by atoms with van der Waals surface area (Å²) >= 11 is 0. The molecule has 4 nitrogen and oxygen atoms in total. The number of aryl methyl sites for hydroxylation is 1. The van der Waals surface area contributed by atoms with Crippen molar-refractivity contribution in [2.24, 2.45) is 0 Å². The molecule has 0 radical (unpaired) electrons. The van der Waals surface area contributed by atoms with E-state index in [-0.39, 0.29) is 32.1 Å². The maximum Gasteiger partial charge on any atom is 0.251 e. The Kier molecular flexibility index (Phi) is 7.18. The van der Waals surface area contributed by atoms with Gasteiger partial charge in [-0.25, -0.2) is 13.2 Å². The van der Waals surface area contributed by atoms with E-state index in [4.69, 9.17) is 5.11 Å². The van der Waals surface area contributed by atoms with Gasteiger partial charge in [0.05, 0.1) is 19.7 Å². The minimum atomic E-state index is -2.57. The number of carbonyl (C=O) groups excluding carboxylic acids is 1. The van der Waals surface area contributed by atoms with E-state index in [0.717, 1.165) is 5.56 Å². The van der Waals surface area contributed by atoms with Gasteiger partial charge in [-0.05, 0) is 24.1 Å². The Morgan fingerprint density at radius 1 is 1.43 bits per heavy atom. The number of carbonyl (C=O) groups is 1. The Morgan fingerprint density at radius 2 is 2.14 bits per heavy atom. The molecule has 0 aromatic heterocycles. The third-order valence-electron chi connectivity index (χ3n) is 2.89. The van der Waals surface area contributed by atoms with Crippen LogP contribution in [-0.2, 0) is 11.3 Å². The van der Waals surface area contributed by atoms with E-state index in [1.807, 2.05) is 0 Å². The van der Waals surface area contributed by atoms with Crippen molar-refractivity contribution >= 4 is 5.91 Å². The molecule has 0 fully saturated rings. The first-order valence-corrected chi connectivity index (χ1v) is 6.55. The SMILES string of the molecule is Cc1cc(CNC(=O)CN(CCO)CC(F)F)ccc1F. The van der Waals surface area contributed by atoms with E-state index in [2.05, 4.69) is 5.32 Å². The molecule has 0 spiro atoms. The summed E-state index contributed by atoms with van der Waals surface area (Å²) in [7, 11) is 0. The number of aliphatic hydroxyl groups is 1. The number of aliphatic hydroxyl groups excluding tert-OH is 1. The molecule has 0 bridgehead atoms. The number of halogens is 3. The number of rotatable bonds is 8. The topological polar surface area (TPSA) is 52.6 Å². The average Bonchev–Trinajstić information content (AvgIpc) is 2.39. The Balaban J connectivity index is 2.46. The predicted octanol–water partition coefficient (Wildman–Crippen LogP) is 1.31. The number of nitrogens with one attached hydrogen (secondary N) is 1. The van der Waals surface area contributed by atoms with Crippen molar-refractivity contribution in [2.75, 3.05) is 26.2 Å². The van der Waals surface area contributed by atoms with Gasteiger partial charge in [-0.2, -0.15) is 0 Å². The molecule has 0 aliphatic carbocycles. The van der Waals surface area contributed by atoms with Gasteiger partial charge in [-0.15, -0.1) is 0 Å². The minimum Gasteiger partial charge on any atom is -0.395 e. The zero-order valence-corrected chi connectivity index (χ0v) is 11.8. The van der Waals surface area contributed by atoms with Crippen LogP contribution in [-0.4, -0.2) is 48.6 Å². The van der Waals surface area contributed by atoms with Crippen LogP contribution in [0.3, 0.4) is 0 Å². The molecule has 0 saturated carbocycles. The van der Waals surface area contributed by atoms with Crippen LogP contribution in [0.1, 0.15) is 11.1 Å². The van der Waals surface area contributed by atoms with Gasteiger partial charge >= 0.3 is 0 Å². The highest BCUT2D eigenvalue weighted by atomic mass is 19.3. The van der Waals surface area contributed by atoms with Crippen LogP contribution >= 0.6 is 0 Å². The van der Waals surface area contributed by atoms with Gasteiger partial charge in [-0.3, -0.25) is 9.69 Å². The number of hydrogen-bond donors (Lipinski definition) is 2. The molecular weight excluding hydrogens is 285 g/mol. The second-order valence-electron chi connectivity index (χ2n) is 4.71. The predicted molar refractivity (Wildman–Crippen MR) is 72.5 cm³/mol. The Morgan fingerprint density at radius 3 is 2.71 bits per heavy atom. The number of alkyl halides is 2. The van der Waals surface area contributed by atoms with Gasteiger partial charge in [0.1, 0.15) is 5.82 Å². The highest BCUT2D eigenvalue weighted by molar-refractivity contribution is 5.78. The number of nitrogens with zero attached hydrogens (tertiary/aromatic N) is 1. The van der Waals surface area contributed by atoms with Crippen molar-refractivity contribution in [2.45, 2.75) is 19.9 Å². The Hall–Kier alpha value is -1.60. The summed E-state index contributed by atoms with van der Waals surface area (Å²) in [4.78, 5) is 12.9. The highest BCUT2D eigenvalue weighted by Crippen LogP contribution is 2.08. The van der Waals surface area contributed by atoms with Crippen LogP contribution < -0.4 is 5.32 Å². The summed E-state index contributed by atoms with van der Waals surface area (Å²) < 4.78 is 37.7. The van der Waals surface area contributed by atoms with Gasteiger partial charge in [0, 0.05) is 13.1 Å². The summed E-state index contributed by atoms with van der Waals surface area (Å²) in [6.07, 6.45) is -2.57. The molecular formula is C14H19F3N2O2. The summed E-state index contributed by atoms with van der Waals surface area (Å²) in [5.74, 6) is -0.748. The van der Waals surface area contributed by atoms with Crippen LogP contribution in [0.5, 0.6) is 0 Å². The quantitative estimate of drug-likeness (QED) is 0.761. The largest absolute Gasteiger partial charge is 0.395 e. The third-order valence-corrected chi connectivity index (χ3v) is 2.89. The maximum atomic E-state index is 13.1. The lowest BCUT2D eigenvalue weighted by atomic mass is 10.1.